The van der Waals surface area contributed by atoms with E-state index in [1.807, 2.05) is 17.5 Å². The first-order valence-electron chi connectivity index (χ1n) is 8.33. The summed E-state index contributed by atoms with van der Waals surface area (Å²) in [6, 6.07) is 10.5. The quantitative estimate of drug-likeness (QED) is 0.782. The first kappa shape index (κ1) is 16.4. The van der Waals surface area contributed by atoms with E-state index >= 15 is 0 Å². The first-order chi connectivity index (χ1) is 11.6. The van der Waals surface area contributed by atoms with E-state index in [9.17, 15) is 0 Å². The normalized spacial score (nSPS) is 11.7. The third-order valence-electron chi connectivity index (χ3n) is 4.18. The Morgan fingerprint density at radius 2 is 1.92 bits per heavy atom. The number of fused-ring (bicyclic) bond motifs is 1. The Morgan fingerprint density at radius 3 is 2.58 bits per heavy atom. The van der Waals surface area contributed by atoms with E-state index in [-0.39, 0.29) is 6.61 Å². The number of aromatic nitrogens is 3. The van der Waals surface area contributed by atoms with Crippen molar-refractivity contribution in [2.75, 3.05) is 6.61 Å². The number of aliphatic hydroxyl groups is 1. The molecule has 0 spiro atoms. The minimum absolute atomic E-state index is 0.0639. The van der Waals surface area contributed by atoms with Crippen LogP contribution < -0.4 is 0 Å². The Bertz CT molecular complexity index is 876. The van der Waals surface area contributed by atoms with Crippen LogP contribution in [0.5, 0.6) is 0 Å². The summed E-state index contributed by atoms with van der Waals surface area (Å²) < 4.78 is 1.96. The molecule has 1 N–H and O–H groups in total. The molecule has 4 heteroatoms. The second-order valence-corrected chi connectivity index (χ2v) is 6.06. The van der Waals surface area contributed by atoms with Gasteiger partial charge in [-0.3, -0.25) is 0 Å². The molecule has 0 aliphatic heterocycles. The Morgan fingerprint density at radius 1 is 1.17 bits per heavy atom. The van der Waals surface area contributed by atoms with Gasteiger partial charge in [0.25, 0.3) is 0 Å². The standard InChI is InChI=1S/C20H23N3O/c1-4-19-18(20-21-14(2)12-15(3)23(20)22-19)13-17-9-7-16(8-10-17)6-5-11-24/h5-10,12,24H,4,11,13H2,1-3H3. The SMILES string of the molecule is CCc1nn2c(C)cc(C)nc2c1Cc1ccc(C=CCO)cc1. The van der Waals surface area contributed by atoms with Gasteiger partial charge in [-0.1, -0.05) is 43.3 Å². The molecule has 3 rings (SSSR count). The molecular weight excluding hydrogens is 298 g/mol. The van der Waals surface area contributed by atoms with Crippen molar-refractivity contribution in [3.05, 3.63) is 70.2 Å². The van der Waals surface area contributed by atoms with Crippen LogP contribution in [0.15, 0.2) is 36.4 Å². The number of aliphatic hydroxyl groups excluding tert-OH is 1. The molecule has 0 fully saturated rings. The van der Waals surface area contributed by atoms with Gasteiger partial charge in [0, 0.05) is 23.4 Å². The van der Waals surface area contributed by atoms with Crippen LogP contribution >= 0.6 is 0 Å². The summed E-state index contributed by atoms with van der Waals surface area (Å²) in [5.41, 5.74) is 7.75. The van der Waals surface area contributed by atoms with Crippen LogP contribution in [-0.2, 0) is 12.8 Å². The highest BCUT2D eigenvalue weighted by Crippen LogP contribution is 2.21. The molecule has 0 saturated heterocycles. The zero-order valence-corrected chi connectivity index (χ0v) is 14.5. The summed E-state index contributed by atoms with van der Waals surface area (Å²) >= 11 is 0. The fourth-order valence-corrected chi connectivity index (χ4v) is 3.01. The molecule has 24 heavy (non-hydrogen) atoms. The molecule has 3 aromatic rings. The van der Waals surface area contributed by atoms with E-state index < -0.39 is 0 Å². The molecule has 0 bridgehead atoms. The molecule has 0 radical (unpaired) electrons. The molecule has 2 aromatic heterocycles. The van der Waals surface area contributed by atoms with Gasteiger partial charge in [-0.05, 0) is 37.5 Å². The molecule has 124 valence electrons. The van der Waals surface area contributed by atoms with Gasteiger partial charge in [-0.15, -0.1) is 0 Å². The predicted octanol–water partition coefficient (Wildman–Crippen LogP) is 3.50. The van der Waals surface area contributed by atoms with Crippen LogP contribution in [0.2, 0.25) is 0 Å². The van der Waals surface area contributed by atoms with Crippen LogP contribution in [0.3, 0.4) is 0 Å². The molecule has 2 heterocycles. The molecule has 4 nitrogen and oxygen atoms in total. The van der Waals surface area contributed by atoms with Crippen molar-refractivity contribution in [1.82, 2.24) is 14.6 Å². The maximum Gasteiger partial charge on any atom is 0.159 e. The smallest absolute Gasteiger partial charge is 0.159 e. The highest BCUT2D eigenvalue weighted by Gasteiger charge is 2.15. The zero-order chi connectivity index (χ0) is 17.1. The lowest BCUT2D eigenvalue weighted by atomic mass is 10.0. The number of nitrogens with zero attached hydrogens (tertiary/aromatic N) is 3. The number of benzene rings is 1. The van der Waals surface area contributed by atoms with Crippen molar-refractivity contribution in [2.45, 2.75) is 33.6 Å². The Hall–Kier alpha value is -2.46. The number of hydrogen-bond acceptors (Lipinski definition) is 3. The van der Waals surface area contributed by atoms with Gasteiger partial charge in [0.15, 0.2) is 5.65 Å². The van der Waals surface area contributed by atoms with Gasteiger partial charge in [0.1, 0.15) is 0 Å². The molecule has 0 atom stereocenters. The summed E-state index contributed by atoms with van der Waals surface area (Å²) in [6.07, 6.45) is 5.39. The Balaban J connectivity index is 1.98. The van der Waals surface area contributed by atoms with E-state index in [0.717, 1.165) is 41.1 Å². The highest BCUT2D eigenvalue weighted by molar-refractivity contribution is 5.55. The van der Waals surface area contributed by atoms with Gasteiger partial charge < -0.3 is 5.11 Å². The average molecular weight is 321 g/mol. The molecule has 1 aromatic carbocycles. The van der Waals surface area contributed by atoms with Crippen molar-refractivity contribution in [2.24, 2.45) is 0 Å². The Kier molecular flexibility index (Phi) is 4.76. The third-order valence-corrected chi connectivity index (χ3v) is 4.18. The highest BCUT2D eigenvalue weighted by atomic mass is 16.2. The minimum Gasteiger partial charge on any atom is -0.392 e. The molecular formula is C20H23N3O. The van der Waals surface area contributed by atoms with Crippen molar-refractivity contribution in [3.8, 4) is 0 Å². The summed E-state index contributed by atoms with van der Waals surface area (Å²) in [5, 5.41) is 13.6. The van der Waals surface area contributed by atoms with Gasteiger partial charge in [0.2, 0.25) is 0 Å². The molecule has 0 aliphatic rings. The second kappa shape index (κ2) is 6.97. The molecule has 0 saturated carbocycles. The van der Waals surface area contributed by atoms with Gasteiger partial charge >= 0.3 is 0 Å². The topological polar surface area (TPSA) is 50.4 Å². The van der Waals surface area contributed by atoms with Crippen LogP contribution in [0.25, 0.3) is 11.7 Å². The van der Waals surface area contributed by atoms with Gasteiger partial charge in [0.05, 0.1) is 12.3 Å². The summed E-state index contributed by atoms with van der Waals surface area (Å²) in [5.74, 6) is 0. The van der Waals surface area contributed by atoms with Crippen molar-refractivity contribution in [1.29, 1.82) is 0 Å². The van der Waals surface area contributed by atoms with Crippen molar-refractivity contribution in [3.63, 3.8) is 0 Å². The van der Waals surface area contributed by atoms with E-state index in [0.29, 0.717) is 0 Å². The van der Waals surface area contributed by atoms with Gasteiger partial charge in [-0.25, -0.2) is 9.50 Å². The summed E-state index contributed by atoms with van der Waals surface area (Å²) in [6.45, 7) is 6.29. The van der Waals surface area contributed by atoms with Crippen molar-refractivity contribution >= 4 is 11.7 Å². The average Bonchev–Trinajstić information content (AvgIpc) is 2.92. The Labute approximate surface area is 142 Å². The van der Waals surface area contributed by atoms with Crippen LogP contribution in [0.1, 0.15) is 40.7 Å². The number of aryl methyl sites for hydroxylation is 3. The first-order valence-corrected chi connectivity index (χ1v) is 8.33. The fraction of sp³-hybridized carbons (Fsp3) is 0.300. The maximum absolute atomic E-state index is 8.85. The third kappa shape index (κ3) is 3.24. The van der Waals surface area contributed by atoms with E-state index in [4.69, 9.17) is 15.2 Å². The minimum atomic E-state index is 0.0639. The zero-order valence-electron chi connectivity index (χ0n) is 14.5. The van der Waals surface area contributed by atoms with E-state index in [1.54, 1.807) is 6.08 Å². The number of rotatable bonds is 5. The molecule has 0 aliphatic carbocycles. The second-order valence-electron chi connectivity index (χ2n) is 6.06. The summed E-state index contributed by atoms with van der Waals surface area (Å²) in [4.78, 5) is 4.72. The molecule has 0 amide bonds. The van der Waals surface area contributed by atoms with E-state index in [1.165, 1.54) is 11.1 Å². The fourth-order valence-electron chi connectivity index (χ4n) is 3.01. The predicted molar refractivity (Wildman–Crippen MR) is 97.2 cm³/mol. The van der Waals surface area contributed by atoms with Crippen LogP contribution in [0, 0.1) is 13.8 Å². The molecule has 0 unspecified atom stereocenters. The largest absolute Gasteiger partial charge is 0.392 e. The lowest BCUT2D eigenvalue weighted by molar-refractivity contribution is 0.343. The number of hydrogen-bond donors (Lipinski definition) is 1. The lowest BCUT2D eigenvalue weighted by Gasteiger charge is -2.04. The van der Waals surface area contributed by atoms with Gasteiger partial charge in [-0.2, -0.15) is 5.10 Å². The lowest BCUT2D eigenvalue weighted by Crippen LogP contribution is -1.98. The maximum atomic E-state index is 8.85. The summed E-state index contributed by atoms with van der Waals surface area (Å²) in [7, 11) is 0. The van der Waals surface area contributed by atoms with E-state index in [2.05, 4.69) is 44.2 Å². The van der Waals surface area contributed by atoms with Crippen LogP contribution in [-0.4, -0.2) is 26.3 Å². The monoisotopic (exact) mass is 321 g/mol. The van der Waals surface area contributed by atoms with Crippen LogP contribution in [0.4, 0.5) is 0 Å². The van der Waals surface area contributed by atoms with Crippen molar-refractivity contribution < 1.29 is 5.11 Å².